The Morgan fingerprint density at radius 1 is 1.45 bits per heavy atom. The summed E-state index contributed by atoms with van der Waals surface area (Å²) < 4.78 is 0. The third-order valence-electron chi connectivity index (χ3n) is 3.14. The van der Waals surface area contributed by atoms with Gasteiger partial charge in [0.15, 0.2) is 0 Å². The zero-order chi connectivity index (χ0) is 15.3. The molecule has 1 unspecified atom stereocenters. The lowest BCUT2D eigenvalue weighted by atomic mass is 9.99. The lowest BCUT2D eigenvalue weighted by molar-refractivity contribution is 0.0532. The molecule has 1 aromatic carbocycles. The largest absolute Gasteiger partial charge is 0.389 e. The number of benzene rings is 1. The Kier molecular flexibility index (Phi) is 5.57. The number of nitrogens with zero attached hydrogens (tertiary/aromatic N) is 1. The van der Waals surface area contributed by atoms with Crippen molar-refractivity contribution in [2.75, 3.05) is 20.1 Å². The molecule has 0 aromatic heterocycles. The van der Waals surface area contributed by atoms with Gasteiger partial charge >= 0.3 is 6.03 Å². The predicted molar refractivity (Wildman–Crippen MR) is 81.9 cm³/mol. The molecule has 1 atom stereocenters. The molecule has 0 radical (unpaired) electrons. The zero-order valence-electron chi connectivity index (χ0n) is 13.1. The van der Waals surface area contributed by atoms with Crippen LogP contribution in [0.3, 0.4) is 0 Å². The van der Waals surface area contributed by atoms with Crippen LogP contribution in [0.25, 0.3) is 0 Å². The van der Waals surface area contributed by atoms with Crippen molar-refractivity contribution < 1.29 is 9.90 Å². The monoisotopic (exact) mass is 278 g/mol. The van der Waals surface area contributed by atoms with E-state index in [4.69, 9.17) is 0 Å². The number of hydrogen-bond donors (Lipinski definition) is 2. The molecule has 20 heavy (non-hydrogen) atoms. The molecular weight excluding hydrogens is 252 g/mol. The molecule has 2 amide bonds. The van der Waals surface area contributed by atoms with Gasteiger partial charge in [-0.05, 0) is 32.3 Å². The molecule has 1 rings (SSSR count). The number of hydrogen-bond acceptors (Lipinski definition) is 2. The van der Waals surface area contributed by atoms with Crippen LogP contribution in [0.4, 0.5) is 4.79 Å². The Morgan fingerprint density at radius 3 is 2.65 bits per heavy atom. The Labute approximate surface area is 121 Å². The van der Waals surface area contributed by atoms with Crippen molar-refractivity contribution in [2.24, 2.45) is 0 Å². The van der Waals surface area contributed by atoms with E-state index in [1.54, 1.807) is 20.9 Å². The van der Waals surface area contributed by atoms with Crippen molar-refractivity contribution in [3.8, 4) is 0 Å². The SMILES string of the molecule is Cc1cccc(C(C)CNC(=O)N(C)CC(C)(C)O)c1. The first kappa shape index (κ1) is 16.5. The Bertz CT molecular complexity index is 452. The van der Waals surface area contributed by atoms with E-state index >= 15 is 0 Å². The third kappa shape index (κ3) is 5.61. The Morgan fingerprint density at radius 2 is 2.10 bits per heavy atom. The number of amides is 2. The average molecular weight is 278 g/mol. The van der Waals surface area contributed by atoms with Crippen molar-refractivity contribution >= 4 is 6.03 Å². The minimum absolute atomic E-state index is 0.161. The molecule has 1 aromatic rings. The number of urea groups is 1. The van der Waals surface area contributed by atoms with Gasteiger partial charge in [-0.1, -0.05) is 36.8 Å². The molecule has 0 aliphatic heterocycles. The van der Waals surface area contributed by atoms with Crippen LogP contribution in [0, 0.1) is 6.92 Å². The van der Waals surface area contributed by atoms with Crippen LogP contribution < -0.4 is 5.32 Å². The van der Waals surface area contributed by atoms with Crippen molar-refractivity contribution in [3.05, 3.63) is 35.4 Å². The van der Waals surface area contributed by atoms with Gasteiger partial charge in [-0.2, -0.15) is 0 Å². The van der Waals surface area contributed by atoms with E-state index in [-0.39, 0.29) is 11.9 Å². The second-order valence-corrected chi connectivity index (χ2v) is 6.17. The number of carbonyl (C=O) groups excluding carboxylic acids is 1. The third-order valence-corrected chi connectivity index (χ3v) is 3.14. The van der Waals surface area contributed by atoms with Crippen LogP contribution in [-0.2, 0) is 0 Å². The summed E-state index contributed by atoms with van der Waals surface area (Å²) in [6.45, 7) is 8.41. The van der Waals surface area contributed by atoms with Gasteiger partial charge < -0.3 is 15.3 Å². The second-order valence-electron chi connectivity index (χ2n) is 6.17. The summed E-state index contributed by atoms with van der Waals surface area (Å²) in [6.07, 6.45) is 0. The number of likely N-dealkylation sites (N-methyl/N-ethyl adjacent to an activating group) is 1. The number of aryl methyl sites for hydroxylation is 1. The maximum absolute atomic E-state index is 11.9. The number of carbonyl (C=O) groups is 1. The van der Waals surface area contributed by atoms with Gasteiger partial charge in [0.05, 0.1) is 12.1 Å². The lowest BCUT2D eigenvalue weighted by Gasteiger charge is -2.26. The molecule has 0 bridgehead atoms. The summed E-state index contributed by atoms with van der Waals surface area (Å²) in [4.78, 5) is 13.4. The van der Waals surface area contributed by atoms with E-state index < -0.39 is 5.60 Å². The van der Waals surface area contributed by atoms with E-state index in [1.807, 2.05) is 6.07 Å². The predicted octanol–water partition coefficient (Wildman–Crippen LogP) is 2.51. The molecule has 0 aliphatic rings. The Hall–Kier alpha value is -1.55. The van der Waals surface area contributed by atoms with Crippen LogP contribution in [0.2, 0.25) is 0 Å². The molecule has 0 saturated carbocycles. The molecule has 0 saturated heterocycles. The van der Waals surface area contributed by atoms with Crippen LogP contribution in [0.1, 0.15) is 37.8 Å². The van der Waals surface area contributed by atoms with E-state index in [0.717, 1.165) is 0 Å². The van der Waals surface area contributed by atoms with Crippen molar-refractivity contribution in [1.29, 1.82) is 0 Å². The summed E-state index contributed by atoms with van der Waals surface area (Å²) >= 11 is 0. The molecular formula is C16H26N2O2. The average Bonchev–Trinajstić information content (AvgIpc) is 2.33. The highest BCUT2D eigenvalue weighted by molar-refractivity contribution is 5.74. The lowest BCUT2D eigenvalue weighted by Crippen LogP contribution is -2.45. The summed E-state index contributed by atoms with van der Waals surface area (Å²) in [7, 11) is 1.69. The second kappa shape index (κ2) is 6.75. The van der Waals surface area contributed by atoms with E-state index in [2.05, 4.69) is 37.4 Å². The van der Waals surface area contributed by atoms with Gasteiger partial charge in [0.25, 0.3) is 0 Å². The van der Waals surface area contributed by atoms with Crippen molar-refractivity contribution in [1.82, 2.24) is 10.2 Å². The number of rotatable bonds is 5. The van der Waals surface area contributed by atoms with E-state index in [9.17, 15) is 9.90 Å². The molecule has 4 nitrogen and oxygen atoms in total. The highest BCUT2D eigenvalue weighted by atomic mass is 16.3. The topological polar surface area (TPSA) is 52.6 Å². The van der Waals surface area contributed by atoms with Gasteiger partial charge in [0.2, 0.25) is 0 Å². The normalized spacial score (nSPS) is 12.9. The minimum atomic E-state index is -0.881. The van der Waals surface area contributed by atoms with Gasteiger partial charge in [0, 0.05) is 13.6 Å². The van der Waals surface area contributed by atoms with Crippen LogP contribution in [0.5, 0.6) is 0 Å². The highest BCUT2D eigenvalue weighted by Crippen LogP contribution is 2.15. The van der Waals surface area contributed by atoms with Crippen LogP contribution in [-0.4, -0.2) is 41.8 Å². The van der Waals surface area contributed by atoms with Crippen molar-refractivity contribution in [2.45, 2.75) is 39.2 Å². The number of aliphatic hydroxyl groups is 1. The summed E-state index contributed by atoms with van der Waals surface area (Å²) in [6, 6.07) is 8.14. The first-order chi connectivity index (χ1) is 9.19. The van der Waals surface area contributed by atoms with Gasteiger partial charge in [0.1, 0.15) is 0 Å². The fraction of sp³-hybridized carbons (Fsp3) is 0.562. The van der Waals surface area contributed by atoms with Gasteiger partial charge in [-0.25, -0.2) is 4.79 Å². The smallest absolute Gasteiger partial charge is 0.317 e. The minimum Gasteiger partial charge on any atom is -0.389 e. The van der Waals surface area contributed by atoms with Crippen LogP contribution >= 0.6 is 0 Å². The molecule has 2 N–H and O–H groups in total. The first-order valence-electron chi connectivity index (χ1n) is 6.97. The summed E-state index contributed by atoms with van der Waals surface area (Å²) in [5.74, 6) is 0.259. The Balaban J connectivity index is 2.48. The zero-order valence-corrected chi connectivity index (χ0v) is 13.1. The van der Waals surface area contributed by atoms with E-state index in [1.165, 1.54) is 16.0 Å². The fourth-order valence-electron chi connectivity index (χ4n) is 2.12. The highest BCUT2D eigenvalue weighted by Gasteiger charge is 2.19. The summed E-state index contributed by atoms with van der Waals surface area (Å²) in [5.41, 5.74) is 1.56. The maximum atomic E-state index is 11.9. The van der Waals surface area contributed by atoms with Crippen LogP contribution in [0.15, 0.2) is 24.3 Å². The molecule has 0 aliphatic carbocycles. The van der Waals surface area contributed by atoms with Gasteiger partial charge in [-0.15, -0.1) is 0 Å². The quantitative estimate of drug-likeness (QED) is 0.869. The van der Waals surface area contributed by atoms with E-state index in [0.29, 0.717) is 13.1 Å². The molecule has 0 spiro atoms. The summed E-state index contributed by atoms with van der Waals surface area (Å²) in [5, 5.41) is 12.6. The van der Waals surface area contributed by atoms with Gasteiger partial charge in [-0.3, -0.25) is 0 Å². The first-order valence-corrected chi connectivity index (χ1v) is 6.97. The molecule has 0 heterocycles. The molecule has 4 heteroatoms. The fourth-order valence-corrected chi connectivity index (χ4v) is 2.12. The maximum Gasteiger partial charge on any atom is 0.317 e. The van der Waals surface area contributed by atoms with Crippen molar-refractivity contribution in [3.63, 3.8) is 0 Å². The molecule has 112 valence electrons. The number of nitrogens with one attached hydrogen (secondary N) is 1. The molecule has 0 fully saturated rings. The standard InChI is InChI=1S/C16H26N2O2/c1-12-7-6-8-14(9-12)13(2)10-17-15(19)18(5)11-16(3,4)20/h6-9,13,20H,10-11H2,1-5H3,(H,17,19).